The molecule has 0 atom stereocenters. The van der Waals surface area contributed by atoms with E-state index in [1.54, 1.807) is 0 Å². The summed E-state index contributed by atoms with van der Waals surface area (Å²) in [5.74, 6) is 0. The SMILES string of the molecule is CC1(C)c2ccccc2-c2ccc(N(c3ccc(-c4cccc5sc6ccccc6c45)cc3)c3cccc(-c4cc5ccccc5c5ccccc45)c3-c3ccccc3)cc21. The van der Waals surface area contributed by atoms with Gasteiger partial charge in [-0.1, -0.05) is 178 Å². The zero-order chi connectivity index (χ0) is 40.7. The van der Waals surface area contributed by atoms with E-state index in [1.165, 1.54) is 97.4 Å². The summed E-state index contributed by atoms with van der Waals surface area (Å²) in [6.45, 7) is 4.74. The van der Waals surface area contributed by atoms with Crippen LogP contribution in [-0.4, -0.2) is 0 Å². The van der Waals surface area contributed by atoms with Crippen LogP contribution in [0.2, 0.25) is 0 Å². The molecule has 0 N–H and O–H groups in total. The fourth-order valence-electron chi connectivity index (χ4n) is 10.2. The Bertz CT molecular complexity index is 3500. The minimum atomic E-state index is -0.145. The van der Waals surface area contributed by atoms with Gasteiger partial charge in [-0.3, -0.25) is 0 Å². The molecule has 1 heterocycles. The van der Waals surface area contributed by atoms with Crippen LogP contribution in [0.5, 0.6) is 0 Å². The van der Waals surface area contributed by atoms with Crippen molar-refractivity contribution in [1.82, 2.24) is 0 Å². The summed E-state index contributed by atoms with van der Waals surface area (Å²) < 4.78 is 2.64. The van der Waals surface area contributed by atoms with E-state index < -0.39 is 0 Å². The molecule has 10 aromatic carbocycles. The third kappa shape index (κ3) is 5.60. The van der Waals surface area contributed by atoms with E-state index in [0.717, 1.165) is 17.1 Å². The Balaban J connectivity index is 1.11. The molecule has 2 heteroatoms. The van der Waals surface area contributed by atoms with Gasteiger partial charge in [-0.15, -0.1) is 11.3 Å². The van der Waals surface area contributed by atoms with Crippen molar-refractivity contribution in [3.05, 3.63) is 223 Å². The molecule has 12 rings (SSSR count). The lowest BCUT2D eigenvalue weighted by atomic mass is 9.82. The summed E-state index contributed by atoms with van der Waals surface area (Å²) in [4.78, 5) is 2.50. The van der Waals surface area contributed by atoms with Gasteiger partial charge in [0.1, 0.15) is 0 Å². The maximum atomic E-state index is 2.50. The molecule has 11 aromatic rings. The van der Waals surface area contributed by atoms with Crippen LogP contribution in [0.25, 0.3) is 86.2 Å². The van der Waals surface area contributed by atoms with Crippen molar-refractivity contribution in [2.24, 2.45) is 0 Å². The molecule has 0 aliphatic heterocycles. The molecular weight excluding hydrogens is 755 g/mol. The van der Waals surface area contributed by atoms with E-state index in [1.807, 2.05) is 11.3 Å². The van der Waals surface area contributed by atoms with Gasteiger partial charge in [0.25, 0.3) is 0 Å². The topological polar surface area (TPSA) is 3.24 Å². The van der Waals surface area contributed by atoms with Crippen molar-refractivity contribution in [2.75, 3.05) is 4.90 Å². The normalized spacial score (nSPS) is 12.9. The van der Waals surface area contributed by atoms with E-state index in [9.17, 15) is 0 Å². The summed E-state index contributed by atoms with van der Waals surface area (Å²) in [7, 11) is 0. The first kappa shape index (κ1) is 35.7. The molecule has 0 saturated carbocycles. The van der Waals surface area contributed by atoms with E-state index in [2.05, 4.69) is 231 Å². The third-order valence-electron chi connectivity index (χ3n) is 13.1. The molecule has 1 nitrogen and oxygen atoms in total. The Hall–Kier alpha value is -7.26. The zero-order valence-electron chi connectivity index (χ0n) is 34.1. The third-order valence-corrected chi connectivity index (χ3v) is 14.2. The number of hydrogen-bond donors (Lipinski definition) is 0. The molecule has 0 radical (unpaired) electrons. The Morgan fingerprint density at radius 3 is 1.85 bits per heavy atom. The Morgan fingerprint density at radius 2 is 1.00 bits per heavy atom. The highest BCUT2D eigenvalue weighted by atomic mass is 32.1. The van der Waals surface area contributed by atoms with Gasteiger partial charge >= 0.3 is 0 Å². The number of fused-ring (bicyclic) bond motifs is 9. The molecule has 0 bridgehead atoms. The van der Waals surface area contributed by atoms with E-state index in [4.69, 9.17) is 0 Å². The fraction of sp³-hybridized carbons (Fsp3) is 0.0508. The van der Waals surface area contributed by atoms with Gasteiger partial charge in [0.05, 0.1) is 5.69 Å². The summed E-state index contributed by atoms with van der Waals surface area (Å²) in [5.41, 5.74) is 15.9. The van der Waals surface area contributed by atoms with Crippen LogP contribution < -0.4 is 4.90 Å². The second-order valence-corrected chi connectivity index (χ2v) is 17.9. The second-order valence-electron chi connectivity index (χ2n) is 16.8. The van der Waals surface area contributed by atoms with E-state index >= 15 is 0 Å². The number of benzene rings is 10. The van der Waals surface area contributed by atoms with Gasteiger partial charge < -0.3 is 4.90 Å². The van der Waals surface area contributed by atoms with Gasteiger partial charge in [0.15, 0.2) is 0 Å². The fourth-order valence-corrected chi connectivity index (χ4v) is 11.3. The van der Waals surface area contributed by atoms with Gasteiger partial charge in [0.2, 0.25) is 0 Å². The summed E-state index contributed by atoms with van der Waals surface area (Å²) in [5, 5.41) is 7.67. The molecule has 288 valence electrons. The highest BCUT2D eigenvalue weighted by molar-refractivity contribution is 7.25. The largest absolute Gasteiger partial charge is 0.310 e. The molecule has 0 saturated heterocycles. The molecular formula is C59H41NS. The van der Waals surface area contributed by atoms with E-state index in [0.29, 0.717) is 0 Å². The minimum absolute atomic E-state index is 0.145. The van der Waals surface area contributed by atoms with Crippen molar-refractivity contribution >= 4 is 70.1 Å². The lowest BCUT2D eigenvalue weighted by molar-refractivity contribution is 0.660. The van der Waals surface area contributed by atoms with Gasteiger partial charge in [-0.25, -0.2) is 0 Å². The molecule has 1 aromatic heterocycles. The molecule has 1 aliphatic carbocycles. The van der Waals surface area contributed by atoms with Crippen LogP contribution in [0.3, 0.4) is 0 Å². The molecule has 0 unspecified atom stereocenters. The Kier molecular flexibility index (Phi) is 8.13. The van der Waals surface area contributed by atoms with Crippen LogP contribution in [0.4, 0.5) is 17.1 Å². The first-order valence-electron chi connectivity index (χ1n) is 21.2. The number of nitrogens with zero attached hydrogens (tertiary/aromatic N) is 1. The zero-order valence-corrected chi connectivity index (χ0v) is 34.9. The molecule has 1 aliphatic rings. The minimum Gasteiger partial charge on any atom is -0.310 e. The number of hydrogen-bond acceptors (Lipinski definition) is 2. The molecule has 0 fully saturated rings. The van der Waals surface area contributed by atoms with Crippen LogP contribution >= 0.6 is 11.3 Å². The van der Waals surface area contributed by atoms with Crippen LogP contribution in [-0.2, 0) is 5.41 Å². The Labute approximate surface area is 360 Å². The standard InChI is InChI=1S/C59H41NS/c1-59(2)52-26-12-10-22-47(52)48-35-34-42(37-53(48)59)60(41-32-30-38(31-33-41)44-24-15-29-56-58(44)50-23-11-13-28-55(50)61-56)54-27-14-25-49(57(54)39-16-4-3-5-17-39)51-36-40-18-6-7-19-43(40)45-20-8-9-21-46(45)51/h3-37H,1-2H3. The average molecular weight is 796 g/mol. The van der Waals surface area contributed by atoms with Gasteiger partial charge in [-0.2, -0.15) is 0 Å². The summed E-state index contributed by atoms with van der Waals surface area (Å²) in [6.07, 6.45) is 0. The van der Waals surface area contributed by atoms with Crippen LogP contribution in [0.1, 0.15) is 25.0 Å². The average Bonchev–Trinajstić information content (AvgIpc) is 3.81. The highest BCUT2D eigenvalue weighted by Gasteiger charge is 2.36. The predicted octanol–water partition coefficient (Wildman–Crippen LogP) is 17.1. The molecule has 61 heavy (non-hydrogen) atoms. The summed E-state index contributed by atoms with van der Waals surface area (Å²) >= 11 is 1.87. The Morgan fingerprint density at radius 1 is 0.377 bits per heavy atom. The lowest BCUT2D eigenvalue weighted by Gasteiger charge is -2.31. The monoisotopic (exact) mass is 795 g/mol. The second kappa shape index (κ2) is 13.9. The van der Waals surface area contributed by atoms with Crippen molar-refractivity contribution in [1.29, 1.82) is 0 Å². The summed E-state index contributed by atoms with van der Waals surface area (Å²) in [6, 6.07) is 78.8. The molecule has 0 spiro atoms. The van der Waals surface area contributed by atoms with Crippen LogP contribution in [0.15, 0.2) is 212 Å². The predicted molar refractivity (Wildman–Crippen MR) is 263 cm³/mol. The van der Waals surface area contributed by atoms with Crippen molar-refractivity contribution < 1.29 is 0 Å². The van der Waals surface area contributed by atoms with Crippen molar-refractivity contribution in [3.8, 4) is 44.5 Å². The van der Waals surface area contributed by atoms with Crippen LogP contribution in [0, 0.1) is 0 Å². The quantitative estimate of drug-likeness (QED) is 0.152. The molecule has 0 amide bonds. The highest BCUT2D eigenvalue weighted by Crippen LogP contribution is 2.53. The van der Waals surface area contributed by atoms with E-state index in [-0.39, 0.29) is 5.41 Å². The number of anilines is 3. The first-order valence-corrected chi connectivity index (χ1v) is 22.0. The maximum Gasteiger partial charge on any atom is 0.0546 e. The van der Waals surface area contributed by atoms with Crippen molar-refractivity contribution in [3.63, 3.8) is 0 Å². The first-order chi connectivity index (χ1) is 30.0. The van der Waals surface area contributed by atoms with Crippen molar-refractivity contribution in [2.45, 2.75) is 19.3 Å². The number of thiophene rings is 1. The smallest absolute Gasteiger partial charge is 0.0546 e. The maximum absolute atomic E-state index is 2.50. The number of rotatable bonds is 6. The van der Waals surface area contributed by atoms with Gasteiger partial charge in [-0.05, 0) is 120 Å². The van der Waals surface area contributed by atoms with Gasteiger partial charge in [0, 0.05) is 42.5 Å². The lowest BCUT2D eigenvalue weighted by Crippen LogP contribution is -2.17.